The van der Waals surface area contributed by atoms with E-state index in [0.29, 0.717) is 19.3 Å². The van der Waals surface area contributed by atoms with Crippen LogP contribution in [-0.2, 0) is 19.1 Å². The van der Waals surface area contributed by atoms with E-state index in [2.05, 4.69) is 10.6 Å². The lowest BCUT2D eigenvalue weighted by Crippen LogP contribution is -2.63. The maximum absolute atomic E-state index is 12.1. The highest BCUT2D eigenvalue weighted by molar-refractivity contribution is 5.76. The first-order valence-corrected chi connectivity index (χ1v) is 10.8. The number of hydrogen-bond donors (Lipinski definition) is 10. The van der Waals surface area contributed by atoms with E-state index in [1.165, 1.54) is 0 Å². The number of aliphatic hydroxyl groups is 8. The van der Waals surface area contributed by atoms with Crippen LogP contribution >= 0.6 is 0 Å². The normalized spacial score (nSPS) is 39.2. The first-order chi connectivity index (χ1) is 15.6. The van der Waals surface area contributed by atoms with Crippen LogP contribution in [0.25, 0.3) is 0 Å². The molecule has 0 aromatic rings. The fourth-order valence-electron chi connectivity index (χ4n) is 3.65. The number of ether oxygens (including phenoxy) is 2. The van der Waals surface area contributed by atoms with Crippen LogP contribution in [0.4, 0.5) is 0 Å². The van der Waals surface area contributed by atoms with Crippen molar-refractivity contribution < 1.29 is 59.9 Å². The predicted molar refractivity (Wildman–Crippen MR) is 107 cm³/mol. The van der Waals surface area contributed by atoms with Gasteiger partial charge in [-0.05, 0) is 12.8 Å². The number of nitrogens with one attached hydrogen (secondary N) is 2. The highest BCUT2D eigenvalue weighted by Gasteiger charge is 2.45. The SMILES string of the molecule is O=C(CCCCCC(=O)N[C@@H]1O[C@H](CO)[C@@H](O)[C@H](O)[C@H]1O)N[C@@H]1O[C@H](CO)[C@@H](O)[C@H](O)[C@H]1O. The van der Waals surface area contributed by atoms with Gasteiger partial charge in [-0.1, -0.05) is 6.42 Å². The Labute approximate surface area is 189 Å². The van der Waals surface area contributed by atoms with Crippen LogP contribution in [0, 0.1) is 0 Å². The maximum atomic E-state index is 12.1. The summed E-state index contributed by atoms with van der Waals surface area (Å²) in [6.07, 6.45) is -12.9. The highest BCUT2D eigenvalue weighted by atomic mass is 16.6. The van der Waals surface area contributed by atoms with Crippen LogP contribution in [-0.4, -0.2) is 127 Å². The molecule has 14 nitrogen and oxygen atoms in total. The molecule has 2 aliphatic rings. The van der Waals surface area contributed by atoms with Gasteiger partial charge in [0.25, 0.3) is 0 Å². The summed E-state index contributed by atoms with van der Waals surface area (Å²) in [7, 11) is 0. The molecular weight excluding hydrogens is 448 g/mol. The zero-order chi connectivity index (χ0) is 24.7. The largest absolute Gasteiger partial charge is 0.394 e. The van der Waals surface area contributed by atoms with Crippen molar-refractivity contribution in [1.29, 1.82) is 0 Å². The van der Waals surface area contributed by atoms with Crippen molar-refractivity contribution in [3.8, 4) is 0 Å². The molecule has 10 atom stereocenters. The summed E-state index contributed by atoms with van der Waals surface area (Å²) < 4.78 is 10.4. The number of amides is 2. The predicted octanol–water partition coefficient (Wildman–Crippen LogP) is -5.23. The maximum Gasteiger partial charge on any atom is 0.222 e. The molecule has 2 fully saturated rings. The fraction of sp³-hybridized carbons (Fsp3) is 0.895. The van der Waals surface area contributed by atoms with Crippen LogP contribution in [0.2, 0.25) is 0 Å². The van der Waals surface area contributed by atoms with E-state index in [9.17, 15) is 40.2 Å². The van der Waals surface area contributed by atoms with Crippen molar-refractivity contribution in [2.24, 2.45) is 0 Å². The second-order valence-electron chi connectivity index (χ2n) is 8.19. The average molecular weight is 482 g/mol. The number of carbonyl (C=O) groups is 2. The molecule has 2 amide bonds. The molecule has 2 aliphatic heterocycles. The average Bonchev–Trinajstić information content (AvgIpc) is 2.79. The molecule has 14 heteroatoms. The molecule has 192 valence electrons. The molecule has 0 saturated carbocycles. The third-order valence-corrected chi connectivity index (χ3v) is 5.70. The van der Waals surface area contributed by atoms with Crippen LogP contribution in [0.3, 0.4) is 0 Å². The van der Waals surface area contributed by atoms with E-state index in [0.717, 1.165) is 0 Å². The van der Waals surface area contributed by atoms with E-state index in [-0.39, 0.29) is 12.8 Å². The molecule has 0 spiro atoms. The van der Waals surface area contributed by atoms with Crippen molar-refractivity contribution in [2.75, 3.05) is 13.2 Å². The number of unbranched alkanes of at least 4 members (excludes halogenated alkanes) is 2. The monoisotopic (exact) mass is 482 g/mol. The van der Waals surface area contributed by atoms with Crippen molar-refractivity contribution in [3.63, 3.8) is 0 Å². The molecule has 0 unspecified atom stereocenters. The van der Waals surface area contributed by atoms with Gasteiger partial charge in [0.05, 0.1) is 13.2 Å². The fourth-order valence-corrected chi connectivity index (χ4v) is 3.65. The molecule has 0 aromatic carbocycles. The molecular formula is C19H34N2O12. The molecule has 2 heterocycles. The van der Waals surface area contributed by atoms with E-state index in [1.807, 2.05) is 0 Å². The molecule has 2 rings (SSSR count). The van der Waals surface area contributed by atoms with Crippen LogP contribution < -0.4 is 10.6 Å². The Balaban J connectivity index is 1.66. The van der Waals surface area contributed by atoms with Gasteiger partial charge in [-0.15, -0.1) is 0 Å². The minimum absolute atomic E-state index is 0.0311. The summed E-state index contributed by atoms with van der Waals surface area (Å²) in [5, 5.41) is 81.8. The first-order valence-electron chi connectivity index (χ1n) is 10.8. The molecule has 10 N–H and O–H groups in total. The van der Waals surface area contributed by atoms with Gasteiger partial charge in [-0.3, -0.25) is 9.59 Å². The van der Waals surface area contributed by atoms with Gasteiger partial charge in [0.1, 0.15) is 48.8 Å². The lowest BCUT2D eigenvalue weighted by atomic mass is 9.98. The summed E-state index contributed by atoms with van der Waals surface area (Å²) in [5.74, 6) is -0.991. The lowest BCUT2D eigenvalue weighted by Gasteiger charge is -2.40. The zero-order valence-corrected chi connectivity index (χ0v) is 17.9. The molecule has 33 heavy (non-hydrogen) atoms. The van der Waals surface area contributed by atoms with E-state index in [1.54, 1.807) is 0 Å². The molecule has 0 radical (unpaired) electrons. The Morgan fingerprint density at radius 1 is 0.576 bits per heavy atom. The lowest BCUT2D eigenvalue weighted by molar-refractivity contribution is -0.236. The van der Waals surface area contributed by atoms with Gasteiger partial charge in [0.15, 0.2) is 12.5 Å². The number of aliphatic hydroxyl groups excluding tert-OH is 8. The quantitative estimate of drug-likeness (QED) is 0.131. The molecule has 0 bridgehead atoms. The van der Waals surface area contributed by atoms with Gasteiger partial charge >= 0.3 is 0 Å². The van der Waals surface area contributed by atoms with Crippen molar-refractivity contribution >= 4 is 11.8 Å². The Hall–Kier alpha value is -1.46. The standard InChI is InChI=1S/C19H34N2O12/c22-6-8-12(26)14(28)16(30)18(32-8)20-10(24)4-2-1-3-5-11(25)21-19-17(31)15(29)13(27)9(7-23)33-19/h8-9,12-19,22-23,26-31H,1-7H2,(H,20,24)(H,21,25)/t8-,9-,12-,13-,14+,15+,16-,17-,18-,19-/m1/s1. The molecule has 0 aromatic heterocycles. The summed E-state index contributed by atoms with van der Waals surface area (Å²) in [6.45, 7) is -1.22. The van der Waals surface area contributed by atoms with Gasteiger partial charge in [0, 0.05) is 12.8 Å². The number of rotatable bonds is 10. The summed E-state index contributed by atoms with van der Waals surface area (Å²) in [6, 6.07) is 0. The molecule has 0 aliphatic carbocycles. The Bertz CT molecular complexity index is 584. The Morgan fingerprint density at radius 3 is 1.27 bits per heavy atom. The van der Waals surface area contributed by atoms with Crippen molar-refractivity contribution in [1.82, 2.24) is 10.6 Å². The van der Waals surface area contributed by atoms with Gasteiger partial charge in [-0.25, -0.2) is 0 Å². The minimum Gasteiger partial charge on any atom is -0.394 e. The Morgan fingerprint density at radius 2 is 0.939 bits per heavy atom. The van der Waals surface area contributed by atoms with Gasteiger partial charge in [0.2, 0.25) is 11.8 Å². The third-order valence-electron chi connectivity index (χ3n) is 5.70. The highest BCUT2D eigenvalue weighted by Crippen LogP contribution is 2.21. The number of carbonyl (C=O) groups excluding carboxylic acids is 2. The third kappa shape index (κ3) is 7.26. The van der Waals surface area contributed by atoms with Crippen LogP contribution in [0.15, 0.2) is 0 Å². The minimum atomic E-state index is -1.59. The van der Waals surface area contributed by atoms with Crippen molar-refractivity contribution in [3.05, 3.63) is 0 Å². The summed E-state index contributed by atoms with van der Waals surface area (Å²) in [5.41, 5.74) is 0. The van der Waals surface area contributed by atoms with E-state index < -0.39 is 86.3 Å². The smallest absolute Gasteiger partial charge is 0.222 e. The van der Waals surface area contributed by atoms with Gasteiger partial charge < -0.3 is 61.0 Å². The second-order valence-corrected chi connectivity index (χ2v) is 8.19. The van der Waals surface area contributed by atoms with Crippen LogP contribution in [0.5, 0.6) is 0 Å². The van der Waals surface area contributed by atoms with E-state index in [4.69, 9.17) is 19.7 Å². The summed E-state index contributed by atoms with van der Waals surface area (Å²) >= 11 is 0. The zero-order valence-electron chi connectivity index (χ0n) is 17.9. The molecule has 2 saturated heterocycles. The summed E-state index contributed by atoms with van der Waals surface area (Å²) in [4.78, 5) is 24.1. The topological polar surface area (TPSA) is 238 Å². The Kier molecular flexibility index (Phi) is 10.8. The van der Waals surface area contributed by atoms with Crippen LogP contribution in [0.1, 0.15) is 32.1 Å². The van der Waals surface area contributed by atoms with Gasteiger partial charge in [-0.2, -0.15) is 0 Å². The first kappa shape index (κ1) is 27.8. The van der Waals surface area contributed by atoms with Crippen molar-refractivity contribution in [2.45, 2.75) is 93.4 Å². The second kappa shape index (κ2) is 12.9. The van der Waals surface area contributed by atoms with E-state index >= 15 is 0 Å². The number of hydrogen-bond acceptors (Lipinski definition) is 12.